The van der Waals surface area contributed by atoms with Crippen molar-refractivity contribution in [3.63, 3.8) is 0 Å². The van der Waals surface area contributed by atoms with E-state index in [0.29, 0.717) is 39.3 Å². The molecule has 1 aliphatic carbocycles. The molecule has 0 atom stereocenters. The van der Waals surface area contributed by atoms with Crippen molar-refractivity contribution in [2.45, 2.75) is 20.3 Å². The molecular weight excluding hydrogens is 472 g/mol. The molecule has 0 radical (unpaired) electrons. The Morgan fingerprint density at radius 2 is 1.62 bits per heavy atom. The molecule has 1 aliphatic rings. The first-order chi connectivity index (χ1) is 17.7. The first-order valence-corrected chi connectivity index (χ1v) is 11.5. The molecule has 0 bridgehead atoms. The second-order valence-electron chi connectivity index (χ2n) is 8.85. The van der Waals surface area contributed by atoms with Crippen molar-refractivity contribution >= 4 is 40.1 Å². The summed E-state index contributed by atoms with van der Waals surface area (Å²) in [5.41, 5.74) is 4.69. The van der Waals surface area contributed by atoms with Crippen LogP contribution in [0.4, 0.5) is 5.69 Å². The quantitative estimate of drug-likeness (QED) is 0.262. The van der Waals surface area contributed by atoms with Crippen molar-refractivity contribution in [1.29, 1.82) is 0 Å². The molecule has 3 aromatic carbocycles. The van der Waals surface area contributed by atoms with Crippen LogP contribution in [-0.4, -0.2) is 40.8 Å². The fourth-order valence-corrected chi connectivity index (χ4v) is 4.90. The number of benzene rings is 3. The number of fused-ring (bicyclic) bond motifs is 4. The average molecular weight is 495 g/mol. The van der Waals surface area contributed by atoms with Crippen molar-refractivity contribution in [3.05, 3.63) is 82.5 Å². The minimum atomic E-state index is -1.25. The van der Waals surface area contributed by atoms with Crippen molar-refractivity contribution < 1.29 is 29.0 Å². The average Bonchev–Trinajstić information content (AvgIpc) is 3.13. The van der Waals surface area contributed by atoms with E-state index >= 15 is 0 Å². The number of hydrogen-bond donors (Lipinski definition) is 2. The number of methoxy groups -OCH3 is 1. The number of carboxylic acid groups (broad SMARTS) is 1. The summed E-state index contributed by atoms with van der Waals surface area (Å²) in [5, 5.41) is 13.3. The number of hydrogen-bond acceptors (Lipinski definition) is 6. The van der Waals surface area contributed by atoms with Crippen LogP contribution in [0, 0.1) is 13.8 Å². The summed E-state index contributed by atoms with van der Waals surface area (Å²) >= 11 is 0. The lowest BCUT2D eigenvalue weighted by atomic mass is 9.88. The number of anilines is 1. The van der Waals surface area contributed by atoms with E-state index in [9.17, 15) is 19.2 Å². The van der Waals surface area contributed by atoms with Crippen LogP contribution in [0.3, 0.4) is 0 Å². The van der Waals surface area contributed by atoms with Crippen LogP contribution >= 0.6 is 0 Å². The van der Waals surface area contributed by atoms with Crippen molar-refractivity contribution in [2.75, 3.05) is 12.4 Å². The predicted octanol–water partition coefficient (Wildman–Crippen LogP) is 4.93. The van der Waals surface area contributed by atoms with Gasteiger partial charge in [-0.15, -0.1) is 0 Å². The third-order valence-corrected chi connectivity index (χ3v) is 6.52. The molecule has 2 N–H and O–H groups in total. The van der Waals surface area contributed by atoms with Crippen LogP contribution < -0.4 is 5.32 Å². The van der Waals surface area contributed by atoms with Gasteiger partial charge in [0, 0.05) is 22.4 Å². The highest BCUT2D eigenvalue weighted by Gasteiger charge is 2.36. The number of pyridine rings is 1. The van der Waals surface area contributed by atoms with Gasteiger partial charge in [-0.25, -0.2) is 4.79 Å². The van der Waals surface area contributed by atoms with Gasteiger partial charge in [-0.2, -0.15) is 0 Å². The second kappa shape index (κ2) is 8.98. The molecule has 1 aromatic heterocycles. The van der Waals surface area contributed by atoms with E-state index in [1.54, 1.807) is 19.1 Å². The molecule has 0 unspecified atom stereocenters. The third-order valence-electron chi connectivity index (χ3n) is 6.52. The maximum Gasteiger partial charge on any atom is 0.340 e. The zero-order chi connectivity index (χ0) is 26.4. The Morgan fingerprint density at radius 3 is 2.32 bits per heavy atom. The van der Waals surface area contributed by atoms with Gasteiger partial charge < -0.3 is 15.2 Å². The molecular formula is C29H22N2O6. The lowest BCUT2D eigenvalue weighted by Crippen LogP contribution is -2.15. The SMILES string of the molecule is COC(=O)c1c(C)nc2c(c1-c1ccc(C)c3ccccc13)C(=O)c1ccc(NC(=O)CC(=O)O)cc1-2. The van der Waals surface area contributed by atoms with Gasteiger partial charge in [0.25, 0.3) is 0 Å². The van der Waals surface area contributed by atoms with Gasteiger partial charge in [0.1, 0.15) is 6.42 Å². The Hall–Kier alpha value is -4.85. The minimum Gasteiger partial charge on any atom is -0.481 e. The fourth-order valence-electron chi connectivity index (χ4n) is 4.90. The summed E-state index contributed by atoms with van der Waals surface area (Å²) in [4.78, 5) is 54.3. The lowest BCUT2D eigenvalue weighted by molar-refractivity contribution is -0.139. The van der Waals surface area contributed by atoms with Crippen molar-refractivity contribution in [3.8, 4) is 22.4 Å². The fraction of sp³-hybridized carbons (Fsp3) is 0.138. The number of aryl methyl sites for hydroxylation is 2. The van der Waals surface area contributed by atoms with E-state index in [1.165, 1.54) is 13.2 Å². The molecule has 8 heteroatoms. The van der Waals surface area contributed by atoms with E-state index in [-0.39, 0.29) is 16.9 Å². The Kier molecular flexibility index (Phi) is 5.79. The maximum atomic E-state index is 13.8. The minimum absolute atomic E-state index is 0.214. The summed E-state index contributed by atoms with van der Waals surface area (Å²) in [6.45, 7) is 3.68. The number of amides is 1. The smallest absolute Gasteiger partial charge is 0.340 e. The van der Waals surface area contributed by atoms with Crippen LogP contribution in [0.25, 0.3) is 33.2 Å². The molecule has 8 nitrogen and oxygen atoms in total. The summed E-state index contributed by atoms with van der Waals surface area (Å²) < 4.78 is 5.10. The van der Waals surface area contributed by atoms with Gasteiger partial charge in [-0.1, -0.05) is 36.4 Å². The number of ether oxygens (including phenoxy) is 1. The number of rotatable bonds is 5. The number of ketones is 1. The number of aliphatic carboxylic acids is 1. The number of carbonyl (C=O) groups excluding carboxylic acids is 3. The summed E-state index contributed by atoms with van der Waals surface area (Å²) in [6, 6.07) is 16.3. The van der Waals surface area contributed by atoms with Crippen LogP contribution in [0.15, 0.2) is 54.6 Å². The predicted molar refractivity (Wildman–Crippen MR) is 138 cm³/mol. The normalized spacial score (nSPS) is 11.7. The maximum absolute atomic E-state index is 13.8. The third kappa shape index (κ3) is 3.92. The van der Waals surface area contributed by atoms with Crippen molar-refractivity contribution in [2.24, 2.45) is 0 Å². The zero-order valence-electron chi connectivity index (χ0n) is 20.3. The highest BCUT2D eigenvalue weighted by Crippen LogP contribution is 2.45. The number of aromatic nitrogens is 1. The summed E-state index contributed by atoms with van der Waals surface area (Å²) in [7, 11) is 1.29. The molecule has 0 fully saturated rings. The number of esters is 1. The Balaban J connectivity index is 1.78. The van der Waals surface area contributed by atoms with E-state index < -0.39 is 24.3 Å². The monoisotopic (exact) mass is 494 g/mol. The Morgan fingerprint density at radius 1 is 0.919 bits per heavy atom. The molecule has 0 spiro atoms. The first-order valence-electron chi connectivity index (χ1n) is 11.5. The van der Waals surface area contributed by atoms with Gasteiger partial charge in [0.2, 0.25) is 5.91 Å². The summed E-state index contributed by atoms with van der Waals surface area (Å²) in [6.07, 6.45) is -0.683. The molecule has 1 amide bonds. The molecule has 37 heavy (non-hydrogen) atoms. The first kappa shape index (κ1) is 23.9. The molecule has 0 aliphatic heterocycles. The molecule has 4 aromatic rings. The Labute approximate surface area is 211 Å². The molecule has 0 saturated heterocycles. The zero-order valence-corrected chi connectivity index (χ0v) is 20.3. The topological polar surface area (TPSA) is 123 Å². The van der Waals surface area contributed by atoms with Crippen LogP contribution in [-0.2, 0) is 14.3 Å². The van der Waals surface area contributed by atoms with Crippen LogP contribution in [0.2, 0.25) is 0 Å². The molecule has 5 rings (SSSR count). The number of nitrogens with zero attached hydrogens (tertiary/aromatic N) is 1. The standard InChI is InChI=1S/C29H22N2O6/c1-14-8-10-19(18-7-5-4-6-17(14)18)25-24(29(36)37-3)15(2)30-27-21-12-16(31-22(32)13-23(33)34)9-11-20(21)28(35)26(25)27/h4-12H,13H2,1-3H3,(H,31,32)(H,33,34). The van der Waals surface area contributed by atoms with E-state index in [2.05, 4.69) is 10.3 Å². The van der Waals surface area contributed by atoms with E-state index in [4.69, 9.17) is 9.84 Å². The van der Waals surface area contributed by atoms with E-state index in [0.717, 1.165) is 16.3 Å². The second-order valence-corrected chi connectivity index (χ2v) is 8.85. The molecule has 0 saturated carbocycles. The van der Waals surface area contributed by atoms with Gasteiger partial charge in [0.15, 0.2) is 5.78 Å². The number of carbonyl (C=O) groups is 4. The largest absolute Gasteiger partial charge is 0.481 e. The van der Waals surface area contributed by atoms with Crippen molar-refractivity contribution in [1.82, 2.24) is 4.98 Å². The lowest BCUT2D eigenvalue weighted by Gasteiger charge is -2.17. The molecule has 184 valence electrons. The number of carboxylic acids is 1. The number of nitrogens with one attached hydrogen (secondary N) is 1. The van der Waals surface area contributed by atoms with E-state index in [1.807, 2.05) is 43.3 Å². The van der Waals surface area contributed by atoms with Gasteiger partial charge >= 0.3 is 11.9 Å². The highest BCUT2D eigenvalue weighted by atomic mass is 16.5. The van der Waals surface area contributed by atoms with Gasteiger partial charge in [-0.05, 0) is 53.9 Å². The molecule has 1 heterocycles. The summed E-state index contributed by atoms with van der Waals surface area (Å²) in [5.74, 6) is -2.83. The van der Waals surface area contributed by atoms with Gasteiger partial charge in [0.05, 0.1) is 29.6 Å². The highest BCUT2D eigenvalue weighted by molar-refractivity contribution is 6.27. The Bertz CT molecular complexity index is 1670. The van der Waals surface area contributed by atoms with Gasteiger partial charge in [-0.3, -0.25) is 19.4 Å². The van der Waals surface area contributed by atoms with Crippen LogP contribution in [0.5, 0.6) is 0 Å². The van der Waals surface area contributed by atoms with Crippen LogP contribution in [0.1, 0.15) is 44.0 Å².